The standard InChI is InChI=1S/C15H18N4O3/c1-15(11-5-8-16-12-6-9-17-19(11)12)7-2-10-18(15)13(20)3-4-14(21)22/h5-6,8-9H,2-4,7,10H2,1H3,(H,21,22)/t15-/m0/s1. The highest BCUT2D eigenvalue weighted by atomic mass is 16.4. The fourth-order valence-corrected chi connectivity index (χ4v) is 3.22. The van der Waals surface area contributed by atoms with Gasteiger partial charge in [0, 0.05) is 25.2 Å². The Balaban J connectivity index is 1.95. The van der Waals surface area contributed by atoms with Gasteiger partial charge in [-0.2, -0.15) is 5.10 Å². The summed E-state index contributed by atoms with van der Waals surface area (Å²) in [5.41, 5.74) is 1.16. The van der Waals surface area contributed by atoms with Crippen molar-refractivity contribution in [1.82, 2.24) is 19.5 Å². The van der Waals surface area contributed by atoms with E-state index in [1.54, 1.807) is 21.8 Å². The first-order chi connectivity index (χ1) is 10.5. The lowest BCUT2D eigenvalue weighted by molar-refractivity contribution is -0.142. The summed E-state index contributed by atoms with van der Waals surface area (Å²) < 4.78 is 1.75. The molecule has 0 bridgehead atoms. The Hall–Kier alpha value is -2.44. The normalized spacial score (nSPS) is 21.4. The summed E-state index contributed by atoms with van der Waals surface area (Å²) >= 11 is 0. The van der Waals surface area contributed by atoms with Crippen LogP contribution in [0.5, 0.6) is 0 Å². The molecule has 0 saturated carbocycles. The van der Waals surface area contributed by atoms with Crippen molar-refractivity contribution in [2.24, 2.45) is 0 Å². The number of fused-ring (bicyclic) bond motifs is 1. The molecule has 0 spiro atoms. The first-order valence-electron chi connectivity index (χ1n) is 7.34. The van der Waals surface area contributed by atoms with Gasteiger partial charge in [-0.15, -0.1) is 0 Å². The predicted molar refractivity (Wildman–Crippen MR) is 78.2 cm³/mol. The SMILES string of the molecule is C[C@@]1(c2ccnc3ccnn23)CCCN1C(=O)CCC(=O)O. The minimum atomic E-state index is -0.951. The molecule has 1 fully saturated rings. The number of carboxylic acids is 1. The Morgan fingerprint density at radius 1 is 1.32 bits per heavy atom. The van der Waals surface area contributed by atoms with Crippen LogP contribution in [0.15, 0.2) is 24.5 Å². The topological polar surface area (TPSA) is 87.8 Å². The molecule has 3 heterocycles. The summed E-state index contributed by atoms with van der Waals surface area (Å²) in [4.78, 5) is 29.2. The van der Waals surface area contributed by atoms with Crippen LogP contribution in [0.3, 0.4) is 0 Å². The van der Waals surface area contributed by atoms with Gasteiger partial charge in [0.25, 0.3) is 0 Å². The van der Waals surface area contributed by atoms with E-state index in [-0.39, 0.29) is 18.7 Å². The molecular formula is C15H18N4O3. The van der Waals surface area contributed by atoms with E-state index in [4.69, 9.17) is 5.11 Å². The van der Waals surface area contributed by atoms with E-state index in [0.29, 0.717) is 6.54 Å². The Morgan fingerprint density at radius 2 is 2.14 bits per heavy atom. The maximum absolute atomic E-state index is 12.4. The van der Waals surface area contributed by atoms with Crippen LogP contribution >= 0.6 is 0 Å². The second-order valence-electron chi connectivity index (χ2n) is 5.75. The second kappa shape index (κ2) is 5.40. The average Bonchev–Trinajstić information content (AvgIpc) is 3.11. The van der Waals surface area contributed by atoms with Gasteiger partial charge < -0.3 is 10.0 Å². The number of hydrogen-bond acceptors (Lipinski definition) is 4. The van der Waals surface area contributed by atoms with Crippen molar-refractivity contribution >= 4 is 17.5 Å². The van der Waals surface area contributed by atoms with Gasteiger partial charge in [0.1, 0.15) is 0 Å². The molecule has 22 heavy (non-hydrogen) atoms. The Kier molecular flexibility index (Phi) is 3.56. The van der Waals surface area contributed by atoms with Gasteiger partial charge in [-0.1, -0.05) is 0 Å². The zero-order valence-electron chi connectivity index (χ0n) is 12.4. The highest BCUT2D eigenvalue weighted by molar-refractivity contribution is 5.81. The minimum absolute atomic E-state index is 0.0260. The zero-order valence-corrected chi connectivity index (χ0v) is 12.4. The molecule has 1 atom stereocenters. The van der Waals surface area contributed by atoms with Crippen molar-refractivity contribution in [1.29, 1.82) is 0 Å². The van der Waals surface area contributed by atoms with Crippen molar-refractivity contribution in [3.8, 4) is 0 Å². The van der Waals surface area contributed by atoms with Crippen molar-refractivity contribution in [3.05, 3.63) is 30.2 Å². The first-order valence-corrected chi connectivity index (χ1v) is 7.34. The fourth-order valence-electron chi connectivity index (χ4n) is 3.22. The van der Waals surface area contributed by atoms with Crippen LogP contribution < -0.4 is 0 Å². The molecule has 0 aliphatic carbocycles. The smallest absolute Gasteiger partial charge is 0.303 e. The third-order valence-electron chi connectivity index (χ3n) is 4.34. The molecular weight excluding hydrogens is 284 g/mol. The summed E-state index contributed by atoms with van der Waals surface area (Å²) in [6.45, 7) is 2.65. The van der Waals surface area contributed by atoms with Gasteiger partial charge in [0.2, 0.25) is 5.91 Å². The summed E-state index contributed by atoms with van der Waals surface area (Å²) in [5.74, 6) is -1.08. The maximum Gasteiger partial charge on any atom is 0.303 e. The third-order valence-corrected chi connectivity index (χ3v) is 4.34. The molecule has 7 heteroatoms. The molecule has 2 aromatic heterocycles. The number of carboxylic acid groups (broad SMARTS) is 1. The number of likely N-dealkylation sites (tertiary alicyclic amines) is 1. The first kappa shape index (κ1) is 14.5. The highest BCUT2D eigenvalue weighted by Crippen LogP contribution is 2.38. The number of carbonyl (C=O) groups is 2. The van der Waals surface area contributed by atoms with Gasteiger partial charge in [-0.3, -0.25) is 9.59 Å². The number of carbonyl (C=O) groups excluding carboxylic acids is 1. The molecule has 1 aliphatic heterocycles. The molecule has 0 unspecified atom stereocenters. The van der Waals surface area contributed by atoms with E-state index in [1.807, 2.05) is 19.1 Å². The van der Waals surface area contributed by atoms with E-state index >= 15 is 0 Å². The lowest BCUT2D eigenvalue weighted by Gasteiger charge is -2.35. The largest absolute Gasteiger partial charge is 0.481 e. The van der Waals surface area contributed by atoms with E-state index in [2.05, 4.69) is 10.1 Å². The lowest BCUT2D eigenvalue weighted by atomic mass is 9.93. The Morgan fingerprint density at radius 3 is 2.91 bits per heavy atom. The van der Waals surface area contributed by atoms with Crippen LogP contribution in [0.4, 0.5) is 0 Å². The number of amides is 1. The second-order valence-corrected chi connectivity index (χ2v) is 5.75. The van der Waals surface area contributed by atoms with Crippen LogP contribution in [0, 0.1) is 0 Å². The van der Waals surface area contributed by atoms with E-state index < -0.39 is 11.5 Å². The molecule has 2 aromatic rings. The van der Waals surface area contributed by atoms with E-state index in [1.165, 1.54) is 0 Å². The van der Waals surface area contributed by atoms with Crippen LogP contribution in [-0.2, 0) is 15.1 Å². The van der Waals surface area contributed by atoms with Gasteiger partial charge in [0.15, 0.2) is 5.65 Å². The molecule has 0 radical (unpaired) electrons. The van der Waals surface area contributed by atoms with Gasteiger partial charge in [0.05, 0.1) is 23.9 Å². The Labute approximate surface area is 127 Å². The Bertz CT molecular complexity index is 726. The van der Waals surface area contributed by atoms with E-state index in [9.17, 15) is 9.59 Å². The van der Waals surface area contributed by atoms with Crippen molar-refractivity contribution in [2.45, 2.75) is 38.1 Å². The van der Waals surface area contributed by atoms with Crippen molar-refractivity contribution in [2.75, 3.05) is 6.54 Å². The third kappa shape index (κ3) is 2.32. The monoisotopic (exact) mass is 302 g/mol. The van der Waals surface area contributed by atoms with Crippen LogP contribution in [0.2, 0.25) is 0 Å². The molecule has 1 saturated heterocycles. The summed E-state index contributed by atoms with van der Waals surface area (Å²) in [5, 5.41) is 13.1. The number of aromatic nitrogens is 3. The quantitative estimate of drug-likeness (QED) is 0.923. The van der Waals surface area contributed by atoms with Crippen LogP contribution in [-0.4, -0.2) is 43.0 Å². The maximum atomic E-state index is 12.4. The van der Waals surface area contributed by atoms with Gasteiger partial charge in [-0.05, 0) is 25.8 Å². The minimum Gasteiger partial charge on any atom is -0.481 e. The fraction of sp³-hybridized carbons (Fsp3) is 0.467. The summed E-state index contributed by atoms with van der Waals surface area (Å²) in [6.07, 6.45) is 5.00. The summed E-state index contributed by atoms with van der Waals surface area (Å²) in [7, 11) is 0. The number of rotatable bonds is 4. The molecule has 3 rings (SSSR count). The number of aliphatic carboxylic acids is 1. The highest BCUT2D eigenvalue weighted by Gasteiger charge is 2.42. The summed E-state index contributed by atoms with van der Waals surface area (Å²) in [6, 6.07) is 3.70. The number of nitrogens with zero attached hydrogens (tertiary/aromatic N) is 4. The molecule has 1 N–H and O–H groups in total. The average molecular weight is 302 g/mol. The van der Waals surface area contributed by atoms with E-state index in [0.717, 1.165) is 24.2 Å². The zero-order chi connectivity index (χ0) is 15.7. The molecule has 116 valence electrons. The lowest BCUT2D eigenvalue weighted by Crippen LogP contribution is -2.44. The molecule has 1 aliphatic rings. The van der Waals surface area contributed by atoms with Gasteiger partial charge >= 0.3 is 5.97 Å². The number of hydrogen-bond donors (Lipinski definition) is 1. The van der Waals surface area contributed by atoms with Crippen molar-refractivity contribution < 1.29 is 14.7 Å². The van der Waals surface area contributed by atoms with Crippen molar-refractivity contribution in [3.63, 3.8) is 0 Å². The molecule has 0 aromatic carbocycles. The molecule has 7 nitrogen and oxygen atoms in total. The predicted octanol–water partition coefficient (Wildman–Crippen LogP) is 1.43. The molecule has 1 amide bonds. The van der Waals surface area contributed by atoms with Crippen LogP contribution in [0.1, 0.15) is 38.3 Å². The van der Waals surface area contributed by atoms with Crippen LogP contribution in [0.25, 0.3) is 5.65 Å². The van der Waals surface area contributed by atoms with Gasteiger partial charge in [-0.25, -0.2) is 9.50 Å².